The zero-order valence-corrected chi connectivity index (χ0v) is 14.9. The SMILES string of the molecule is CC(=O)NCC(N)=O.CCC[Si](OCC)(OCC)OCC. The Morgan fingerprint density at radius 2 is 1.43 bits per heavy atom. The zero-order valence-electron chi connectivity index (χ0n) is 13.9. The first-order chi connectivity index (χ1) is 9.87. The largest absolute Gasteiger partial charge is 0.500 e. The third kappa shape index (κ3) is 13.8. The van der Waals surface area contributed by atoms with Crippen molar-refractivity contribution in [1.29, 1.82) is 0 Å². The fourth-order valence-electron chi connectivity index (χ4n) is 1.52. The molecule has 0 saturated carbocycles. The van der Waals surface area contributed by atoms with E-state index in [1.165, 1.54) is 6.92 Å². The molecule has 0 aliphatic carbocycles. The maximum absolute atomic E-state index is 10.0. The van der Waals surface area contributed by atoms with E-state index >= 15 is 0 Å². The lowest BCUT2D eigenvalue weighted by Gasteiger charge is -2.27. The van der Waals surface area contributed by atoms with Gasteiger partial charge in [-0.15, -0.1) is 0 Å². The van der Waals surface area contributed by atoms with Gasteiger partial charge >= 0.3 is 8.80 Å². The van der Waals surface area contributed by atoms with Gasteiger partial charge in [-0.05, 0) is 20.8 Å². The van der Waals surface area contributed by atoms with Crippen LogP contribution in [0.4, 0.5) is 0 Å². The Morgan fingerprint density at radius 3 is 1.62 bits per heavy atom. The fraction of sp³-hybridized carbons (Fsp3) is 0.846. The van der Waals surface area contributed by atoms with Crippen LogP contribution in [0, 0.1) is 0 Å². The van der Waals surface area contributed by atoms with E-state index in [1.54, 1.807) is 0 Å². The van der Waals surface area contributed by atoms with Gasteiger partial charge in [-0.25, -0.2) is 0 Å². The third-order valence-corrected chi connectivity index (χ3v) is 5.46. The summed E-state index contributed by atoms with van der Waals surface area (Å²) in [5.41, 5.74) is 4.69. The quantitative estimate of drug-likeness (QED) is 0.586. The van der Waals surface area contributed by atoms with E-state index in [9.17, 15) is 9.59 Å². The first-order valence-electron chi connectivity index (χ1n) is 7.31. The summed E-state index contributed by atoms with van der Waals surface area (Å²) < 4.78 is 16.9. The van der Waals surface area contributed by atoms with Crippen LogP contribution in [0.5, 0.6) is 0 Å². The van der Waals surface area contributed by atoms with Gasteiger partial charge in [0.2, 0.25) is 11.8 Å². The van der Waals surface area contributed by atoms with Gasteiger partial charge in [-0.2, -0.15) is 0 Å². The van der Waals surface area contributed by atoms with Gasteiger partial charge in [0.15, 0.2) is 0 Å². The highest BCUT2D eigenvalue weighted by Gasteiger charge is 2.38. The topological polar surface area (TPSA) is 99.9 Å². The average Bonchev–Trinajstić information content (AvgIpc) is 2.38. The van der Waals surface area contributed by atoms with Crippen LogP contribution in [0.15, 0.2) is 0 Å². The van der Waals surface area contributed by atoms with Gasteiger partial charge in [-0.1, -0.05) is 13.3 Å². The van der Waals surface area contributed by atoms with Gasteiger partial charge in [0.25, 0.3) is 0 Å². The molecule has 0 heterocycles. The molecule has 0 aromatic rings. The predicted molar refractivity (Wildman–Crippen MR) is 83.6 cm³/mol. The number of primary amides is 1. The standard InChI is InChI=1S/C9H22O3Si.C4H8N2O2/c1-5-9-13(10-6-2,11-7-3)12-8-4;1-3(7)6-2-4(5)8/h5-9H2,1-4H3;2H2,1H3,(H2,5,8)(H,6,7). The predicted octanol–water partition coefficient (Wildman–Crippen LogP) is 1.05. The van der Waals surface area contributed by atoms with Gasteiger partial charge in [-0.3, -0.25) is 9.59 Å². The Kier molecular flexibility index (Phi) is 14.9. The number of rotatable bonds is 10. The second-order valence-electron chi connectivity index (χ2n) is 4.11. The minimum Gasteiger partial charge on any atom is -0.374 e. The maximum Gasteiger partial charge on any atom is 0.500 e. The van der Waals surface area contributed by atoms with Crippen LogP contribution >= 0.6 is 0 Å². The van der Waals surface area contributed by atoms with Crippen molar-refractivity contribution in [2.24, 2.45) is 5.73 Å². The minimum atomic E-state index is -2.30. The average molecular weight is 322 g/mol. The second kappa shape index (κ2) is 14.0. The molecule has 0 atom stereocenters. The van der Waals surface area contributed by atoms with E-state index < -0.39 is 14.7 Å². The minimum absolute atomic E-state index is 0.0741. The van der Waals surface area contributed by atoms with E-state index in [-0.39, 0.29) is 12.5 Å². The summed E-state index contributed by atoms with van der Waals surface area (Å²) in [6.07, 6.45) is 1.05. The van der Waals surface area contributed by atoms with E-state index in [4.69, 9.17) is 13.3 Å². The van der Waals surface area contributed by atoms with Crippen LogP contribution in [0.2, 0.25) is 6.04 Å². The van der Waals surface area contributed by atoms with Crippen molar-refractivity contribution in [2.75, 3.05) is 26.4 Å². The third-order valence-electron chi connectivity index (χ3n) is 2.16. The Hall–Kier alpha value is -0.963. The molecule has 0 saturated heterocycles. The Bertz CT molecular complexity index is 246. The number of carbonyl (C=O) groups excluding carboxylic acids is 2. The summed E-state index contributed by atoms with van der Waals surface area (Å²) in [5, 5.41) is 2.23. The summed E-state index contributed by atoms with van der Waals surface area (Å²) in [5.74, 6) is -0.774. The summed E-state index contributed by atoms with van der Waals surface area (Å²) >= 11 is 0. The van der Waals surface area contributed by atoms with Crippen molar-refractivity contribution < 1.29 is 22.9 Å². The number of carbonyl (C=O) groups is 2. The molecule has 0 aromatic carbocycles. The van der Waals surface area contributed by atoms with Crippen LogP contribution in [-0.2, 0) is 22.9 Å². The molecule has 0 bridgehead atoms. The number of hydrogen-bond acceptors (Lipinski definition) is 5. The molecule has 0 radical (unpaired) electrons. The smallest absolute Gasteiger partial charge is 0.374 e. The molecular formula is C13H30N2O5Si. The van der Waals surface area contributed by atoms with Crippen molar-refractivity contribution in [1.82, 2.24) is 5.32 Å². The molecule has 0 aromatic heterocycles. The van der Waals surface area contributed by atoms with Crippen molar-refractivity contribution in [3.8, 4) is 0 Å². The highest BCUT2D eigenvalue weighted by Crippen LogP contribution is 2.17. The van der Waals surface area contributed by atoms with Gasteiger partial charge < -0.3 is 24.3 Å². The Labute approximate surface area is 128 Å². The molecule has 0 fully saturated rings. The van der Waals surface area contributed by atoms with Gasteiger partial charge in [0.05, 0.1) is 6.54 Å². The zero-order chi connectivity index (χ0) is 16.7. The van der Waals surface area contributed by atoms with E-state index in [1.807, 2.05) is 20.8 Å². The molecule has 7 nitrogen and oxygen atoms in total. The molecule has 0 rings (SSSR count). The normalized spacial score (nSPS) is 10.5. The molecule has 126 valence electrons. The van der Waals surface area contributed by atoms with Crippen molar-refractivity contribution >= 4 is 20.6 Å². The van der Waals surface area contributed by atoms with Crippen LogP contribution in [0.3, 0.4) is 0 Å². The van der Waals surface area contributed by atoms with Crippen LogP contribution < -0.4 is 11.1 Å². The maximum atomic E-state index is 10.0. The summed E-state index contributed by atoms with van der Waals surface area (Å²) in [4.78, 5) is 19.9. The molecule has 2 amide bonds. The fourth-order valence-corrected chi connectivity index (χ4v) is 4.13. The van der Waals surface area contributed by atoms with Gasteiger partial charge in [0.1, 0.15) is 0 Å². The molecule has 21 heavy (non-hydrogen) atoms. The monoisotopic (exact) mass is 322 g/mol. The lowest BCUT2D eigenvalue weighted by molar-refractivity contribution is -0.123. The van der Waals surface area contributed by atoms with Crippen molar-refractivity contribution in [3.63, 3.8) is 0 Å². The molecule has 0 aliphatic heterocycles. The second-order valence-corrected chi connectivity index (χ2v) is 6.84. The van der Waals surface area contributed by atoms with Crippen LogP contribution in [-0.4, -0.2) is 47.0 Å². The van der Waals surface area contributed by atoms with E-state index in [0.29, 0.717) is 19.8 Å². The number of nitrogens with two attached hydrogens (primary N) is 1. The summed E-state index contributed by atoms with van der Waals surface area (Å²) in [7, 11) is -2.30. The first kappa shape index (κ1) is 22.3. The van der Waals surface area contributed by atoms with E-state index in [2.05, 4.69) is 18.0 Å². The highest BCUT2D eigenvalue weighted by atomic mass is 28.4. The number of nitrogens with one attached hydrogen (secondary N) is 1. The number of hydrogen-bond donors (Lipinski definition) is 2. The molecule has 8 heteroatoms. The van der Waals surface area contributed by atoms with Gasteiger partial charge in [0, 0.05) is 32.8 Å². The van der Waals surface area contributed by atoms with Crippen LogP contribution in [0.1, 0.15) is 41.0 Å². The van der Waals surface area contributed by atoms with Crippen LogP contribution in [0.25, 0.3) is 0 Å². The Balaban J connectivity index is 0. The summed E-state index contributed by atoms with van der Waals surface area (Å²) in [6.45, 7) is 11.3. The lowest BCUT2D eigenvalue weighted by atomic mass is 10.6. The molecule has 3 N–H and O–H groups in total. The highest BCUT2D eigenvalue weighted by molar-refractivity contribution is 6.60. The molecular weight excluding hydrogens is 292 g/mol. The van der Waals surface area contributed by atoms with Crippen molar-refractivity contribution in [3.05, 3.63) is 0 Å². The number of amides is 2. The molecule has 0 unspecified atom stereocenters. The Morgan fingerprint density at radius 1 is 1.00 bits per heavy atom. The first-order valence-corrected chi connectivity index (χ1v) is 9.25. The molecule has 0 spiro atoms. The summed E-state index contributed by atoms with van der Waals surface area (Å²) in [6, 6.07) is 0.919. The molecule has 0 aliphatic rings. The van der Waals surface area contributed by atoms with Crippen molar-refractivity contribution in [2.45, 2.75) is 47.1 Å². The van der Waals surface area contributed by atoms with E-state index in [0.717, 1.165) is 12.5 Å². The lowest BCUT2D eigenvalue weighted by Crippen LogP contribution is -2.45.